The summed E-state index contributed by atoms with van der Waals surface area (Å²) < 4.78 is 5.01. The number of hydrogen-bond donors (Lipinski definition) is 1. The van der Waals surface area contributed by atoms with Crippen molar-refractivity contribution in [2.75, 3.05) is 26.2 Å². The van der Waals surface area contributed by atoms with Crippen LogP contribution >= 0.6 is 22.7 Å². The van der Waals surface area contributed by atoms with E-state index in [9.17, 15) is 0 Å². The number of thiol groups is 1. The van der Waals surface area contributed by atoms with Gasteiger partial charge in [-0.25, -0.2) is 0 Å². The highest BCUT2D eigenvalue weighted by Gasteiger charge is 1.96. The van der Waals surface area contributed by atoms with E-state index in [1.807, 2.05) is 0 Å². The van der Waals surface area contributed by atoms with Gasteiger partial charge in [0.2, 0.25) is 0 Å². The number of likely N-dealkylation sites (N-methyl/N-ethyl adjacent to an activating group) is 1. The number of hydrogen-bond acceptors (Lipinski definition) is 4. The highest BCUT2D eigenvalue weighted by molar-refractivity contribution is 8.66. The van der Waals surface area contributed by atoms with E-state index >= 15 is 0 Å². The second kappa shape index (κ2) is 7.72. The SMILES string of the molecule is CCN(CC)CCOSS. The van der Waals surface area contributed by atoms with Crippen molar-refractivity contribution in [2.24, 2.45) is 0 Å². The highest BCUT2D eigenvalue weighted by atomic mass is 33.1. The predicted octanol–water partition coefficient (Wildman–Crippen LogP) is 1.84. The Morgan fingerprint density at radius 1 is 1.40 bits per heavy atom. The molecule has 10 heavy (non-hydrogen) atoms. The molecular weight excluding hydrogens is 166 g/mol. The summed E-state index contributed by atoms with van der Waals surface area (Å²) >= 11 is 4.99. The van der Waals surface area contributed by atoms with Gasteiger partial charge in [-0.05, 0) is 13.1 Å². The zero-order valence-corrected chi connectivity index (χ0v) is 8.25. The average molecular weight is 181 g/mol. The summed E-state index contributed by atoms with van der Waals surface area (Å²) in [6.07, 6.45) is 0. The minimum absolute atomic E-state index is 0.760. The lowest BCUT2D eigenvalue weighted by atomic mass is 10.5. The van der Waals surface area contributed by atoms with Crippen molar-refractivity contribution in [3.05, 3.63) is 0 Å². The second-order valence-electron chi connectivity index (χ2n) is 1.92. The van der Waals surface area contributed by atoms with E-state index in [1.54, 1.807) is 0 Å². The van der Waals surface area contributed by atoms with E-state index in [4.69, 9.17) is 4.18 Å². The zero-order chi connectivity index (χ0) is 7.82. The third-order valence-electron chi connectivity index (χ3n) is 1.44. The van der Waals surface area contributed by atoms with E-state index in [0.29, 0.717) is 0 Å². The summed E-state index contributed by atoms with van der Waals surface area (Å²) in [4.78, 5) is 2.31. The first kappa shape index (κ1) is 10.6. The molecule has 0 spiro atoms. The molecule has 0 atom stereocenters. The quantitative estimate of drug-likeness (QED) is 0.291. The minimum Gasteiger partial charge on any atom is -0.304 e. The first-order chi connectivity index (χ1) is 4.85. The molecular formula is C6H15NOS2. The van der Waals surface area contributed by atoms with Crippen LogP contribution in [0.5, 0.6) is 0 Å². The molecule has 0 amide bonds. The fraction of sp³-hybridized carbons (Fsp3) is 1.00. The topological polar surface area (TPSA) is 12.5 Å². The van der Waals surface area contributed by atoms with Crippen LogP contribution in [0.1, 0.15) is 13.8 Å². The lowest BCUT2D eigenvalue weighted by molar-refractivity contribution is 0.244. The van der Waals surface area contributed by atoms with E-state index in [0.717, 1.165) is 37.3 Å². The second-order valence-corrected chi connectivity index (χ2v) is 2.76. The number of rotatable bonds is 6. The maximum Gasteiger partial charge on any atom is 0.0751 e. The van der Waals surface area contributed by atoms with Crippen LogP contribution in [0.4, 0.5) is 0 Å². The molecule has 0 bridgehead atoms. The summed E-state index contributed by atoms with van der Waals surface area (Å²) in [6, 6.07) is 0. The van der Waals surface area contributed by atoms with Crippen molar-refractivity contribution in [2.45, 2.75) is 13.8 Å². The Balaban J connectivity index is 3.09. The summed E-state index contributed by atoms with van der Waals surface area (Å²) in [5, 5.41) is 0. The van der Waals surface area contributed by atoms with Crippen molar-refractivity contribution in [1.29, 1.82) is 0 Å². The maximum absolute atomic E-state index is 5.01. The standard InChI is InChI=1S/C6H15NOS2/c1-3-7(4-2)5-6-8-10-9/h9H,3-6H2,1-2H3. The molecule has 62 valence electrons. The Bertz CT molecular complexity index is 68.8. The molecule has 0 heterocycles. The van der Waals surface area contributed by atoms with Gasteiger partial charge in [0, 0.05) is 6.54 Å². The molecule has 0 aromatic carbocycles. The van der Waals surface area contributed by atoms with Gasteiger partial charge >= 0.3 is 0 Å². The molecule has 0 fully saturated rings. The van der Waals surface area contributed by atoms with Crippen molar-refractivity contribution in [3.63, 3.8) is 0 Å². The Morgan fingerprint density at radius 2 is 2.00 bits per heavy atom. The third-order valence-corrected chi connectivity index (χ3v) is 2.03. The van der Waals surface area contributed by atoms with Gasteiger partial charge in [-0.2, -0.15) is 0 Å². The van der Waals surface area contributed by atoms with E-state index in [-0.39, 0.29) is 0 Å². The Labute approximate surface area is 72.3 Å². The minimum atomic E-state index is 0.760. The van der Waals surface area contributed by atoms with Crippen LogP contribution in [0, 0.1) is 0 Å². The highest BCUT2D eigenvalue weighted by Crippen LogP contribution is 2.05. The fourth-order valence-electron chi connectivity index (χ4n) is 0.743. The van der Waals surface area contributed by atoms with Gasteiger partial charge in [0.25, 0.3) is 0 Å². The Morgan fingerprint density at radius 3 is 2.40 bits per heavy atom. The van der Waals surface area contributed by atoms with Gasteiger partial charge in [-0.15, -0.1) is 0 Å². The average Bonchev–Trinajstić information content (AvgIpc) is 1.99. The lowest BCUT2D eigenvalue weighted by Crippen LogP contribution is -2.26. The van der Waals surface area contributed by atoms with E-state index in [2.05, 4.69) is 30.4 Å². The van der Waals surface area contributed by atoms with Gasteiger partial charge in [0.15, 0.2) is 0 Å². The summed E-state index contributed by atoms with van der Waals surface area (Å²) in [6.45, 7) is 8.25. The number of nitrogens with zero attached hydrogens (tertiary/aromatic N) is 1. The molecule has 0 aromatic heterocycles. The first-order valence-corrected chi connectivity index (χ1v) is 5.29. The molecule has 2 nitrogen and oxygen atoms in total. The third kappa shape index (κ3) is 5.41. The van der Waals surface area contributed by atoms with E-state index in [1.165, 1.54) is 0 Å². The molecule has 0 aliphatic heterocycles. The van der Waals surface area contributed by atoms with Crippen molar-refractivity contribution < 1.29 is 4.18 Å². The fourth-order valence-corrected chi connectivity index (χ4v) is 1.12. The summed E-state index contributed by atoms with van der Waals surface area (Å²) in [7, 11) is 0. The smallest absolute Gasteiger partial charge is 0.0751 e. The van der Waals surface area contributed by atoms with Crippen LogP contribution in [-0.4, -0.2) is 31.1 Å². The van der Waals surface area contributed by atoms with Gasteiger partial charge in [-0.1, -0.05) is 25.5 Å². The van der Waals surface area contributed by atoms with Crippen molar-refractivity contribution in [1.82, 2.24) is 4.90 Å². The molecule has 0 radical (unpaired) electrons. The maximum atomic E-state index is 5.01. The summed E-state index contributed by atoms with van der Waals surface area (Å²) in [5.41, 5.74) is 0. The largest absolute Gasteiger partial charge is 0.304 e. The van der Waals surface area contributed by atoms with Gasteiger partial charge in [-0.3, -0.25) is 0 Å². The van der Waals surface area contributed by atoms with Crippen LogP contribution < -0.4 is 0 Å². The normalized spacial score (nSPS) is 10.8. The first-order valence-electron chi connectivity index (χ1n) is 3.50. The monoisotopic (exact) mass is 181 g/mol. The Kier molecular flexibility index (Phi) is 8.20. The molecule has 0 aromatic rings. The van der Waals surface area contributed by atoms with E-state index < -0.39 is 0 Å². The Hall–Kier alpha value is 0.620. The van der Waals surface area contributed by atoms with Crippen LogP contribution in [0.2, 0.25) is 0 Å². The lowest BCUT2D eigenvalue weighted by Gasteiger charge is -2.16. The summed E-state index contributed by atoms with van der Waals surface area (Å²) in [5.74, 6) is 0. The predicted molar refractivity (Wildman–Crippen MR) is 50.3 cm³/mol. The molecule has 0 aliphatic rings. The van der Waals surface area contributed by atoms with Gasteiger partial charge in [0.1, 0.15) is 0 Å². The molecule has 0 aliphatic carbocycles. The van der Waals surface area contributed by atoms with Crippen molar-refractivity contribution >= 4 is 22.7 Å². The van der Waals surface area contributed by atoms with Crippen LogP contribution in [-0.2, 0) is 4.18 Å². The van der Waals surface area contributed by atoms with Gasteiger partial charge in [0.05, 0.1) is 17.7 Å². The molecule has 0 N–H and O–H groups in total. The molecule has 0 saturated carbocycles. The molecule has 0 unspecified atom stereocenters. The van der Waals surface area contributed by atoms with Crippen molar-refractivity contribution in [3.8, 4) is 0 Å². The van der Waals surface area contributed by atoms with Crippen LogP contribution in [0.25, 0.3) is 0 Å². The van der Waals surface area contributed by atoms with Crippen LogP contribution in [0.3, 0.4) is 0 Å². The molecule has 4 heteroatoms. The molecule has 0 rings (SSSR count). The van der Waals surface area contributed by atoms with Crippen LogP contribution in [0.15, 0.2) is 0 Å². The zero-order valence-electron chi connectivity index (χ0n) is 6.54. The molecule has 0 saturated heterocycles. The van der Waals surface area contributed by atoms with Gasteiger partial charge < -0.3 is 9.08 Å².